The van der Waals surface area contributed by atoms with Gasteiger partial charge < -0.3 is 9.64 Å². The van der Waals surface area contributed by atoms with Crippen LogP contribution in [0.4, 0.5) is 5.82 Å². The summed E-state index contributed by atoms with van der Waals surface area (Å²) in [6, 6.07) is 0.634. The number of nitrogens with zero attached hydrogens (tertiary/aromatic N) is 3. The summed E-state index contributed by atoms with van der Waals surface area (Å²) in [5, 5.41) is 1.02. The molecule has 1 fully saturated rings. The molecular formula is C14H22BrN3O. The van der Waals surface area contributed by atoms with Gasteiger partial charge in [-0.2, -0.15) is 4.98 Å². The van der Waals surface area contributed by atoms with E-state index in [9.17, 15) is 0 Å². The van der Waals surface area contributed by atoms with Gasteiger partial charge in [0.05, 0.1) is 19.0 Å². The Morgan fingerprint density at radius 2 is 2.26 bits per heavy atom. The van der Waals surface area contributed by atoms with Crippen LogP contribution in [0.15, 0.2) is 12.4 Å². The maximum Gasteiger partial charge on any atom is 0.234 e. The van der Waals surface area contributed by atoms with E-state index < -0.39 is 0 Å². The average Bonchev–Trinajstić information content (AvgIpc) is 2.39. The highest BCUT2D eigenvalue weighted by Crippen LogP contribution is 2.29. The van der Waals surface area contributed by atoms with Crippen LogP contribution in [-0.4, -0.2) is 34.5 Å². The van der Waals surface area contributed by atoms with E-state index in [1.807, 2.05) is 6.20 Å². The summed E-state index contributed by atoms with van der Waals surface area (Å²) in [5.74, 6) is 1.60. The lowest BCUT2D eigenvalue weighted by molar-refractivity contribution is 0.303. The van der Waals surface area contributed by atoms with Crippen LogP contribution in [0, 0.1) is 0 Å². The molecule has 1 saturated carbocycles. The van der Waals surface area contributed by atoms with Crippen LogP contribution < -0.4 is 9.64 Å². The Labute approximate surface area is 123 Å². The third-order valence-corrected chi connectivity index (χ3v) is 3.96. The molecule has 0 N–H and O–H groups in total. The van der Waals surface area contributed by atoms with Crippen molar-refractivity contribution in [2.24, 2.45) is 0 Å². The topological polar surface area (TPSA) is 38.2 Å². The molecule has 1 aromatic rings. The molecule has 0 radical (unpaired) electrons. The number of alkyl halides is 1. The molecular weight excluding hydrogens is 306 g/mol. The number of ether oxygens (including phenoxy) is 1. The summed E-state index contributed by atoms with van der Waals surface area (Å²) in [6.07, 6.45) is 9.52. The molecule has 0 spiro atoms. The van der Waals surface area contributed by atoms with Gasteiger partial charge in [-0.1, -0.05) is 22.9 Å². The Bertz CT molecular complexity index is 385. The SMILES string of the molecule is CCCOc1cncc(N(CCCBr)C2CCC2)n1. The van der Waals surface area contributed by atoms with E-state index in [2.05, 4.69) is 37.7 Å². The Kier molecular flexibility index (Phi) is 5.89. The van der Waals surface area contributed by atoms with Crippen molar-refractivity contribution in [1.82, 2.24) is 9.97 Å². The monoisotopic (exact) mass is 327 g/mol. The molecule has 0 bridgehead atoms. The van der Waals surface area contributed by atoms with Gasteiger partial charge in [0.1, 0.15) is 0 Å². The Morgan fingerprint density at radius 1 is 1.42 bits per heavy atom. The van der Waals surface area contributed by atoms with Crippen molar-refractivity contribution in [3.05, 3.63) is 12.4 Å². The molecule has 1 aromatic heterocycles. The highest BCUT2D eigenvalue weighted by Gasteiger charge is 2.26. The number of anilines is 1. The first-order valence-electron chi connectivity index (χ1n) is 7.12. The van der Waals surface area contributed by atoms with Gasteiger partial charge in [0, 0.05) is 17.9 Å². The van der Waals surface area contributed by atoms with Crippen LogP contribution in [0.1, 0.15) is 39.0 Å². The molecule has 0 amide bonds. The Hall–Kier alpha value is -0.840. The van der Waals surface area contributed by atoms with E-state index >= 15 is 0 Å². The summed E-state index contributed by atoms with van der Waals surface area (Å²) < 4.78 is 5.57. The zero-order valence-corrected chi connectivity index (χ0v) is 13.1. The van der Waals surface area contributed by atoms with Gasteiger partial charge in [-0.05, 0) is 32.1 Å². The van der Waals surface area contributed by atoms with E-state index in [-0.39, 0.29) is 0 Å². The fourth-order valence-electron chi connectivity index (χ4n) is 2.17. The van der Waals surface area contributed by atoms with Gasteiger partial charge in [-0.25, -0.2) is 0 Å². The standard InChI is InChI=1S/C14H22BrN3O/c1-2-9-19-14-11-16-10-13(17-14)18(8-4-7-15)12-5-3-6-12/h10-12H,2-9H2,1H3. The number of rotatable bonds is 8. The smallest absolute Gasteiger partial charge is 0.234 e. The first-order chi connectivity index (χ1) is 9.35. The van der Waals surface area contributed by atoms with Crippen LogP contribution >= 0.6 is 15.9 Å². The summed E-state index contributed by atoms with van der Waals surface area (Å²) >= 11 is 3.50. The van der Waals surface area contributed by atoms with Crippen LogP contribution in [0.2, 0.25) is 0 Å². The second kappa shape index (κ2) is 7.68. The second-order valence-corrected chi connectivity index (χ2v) is 5.68. The largest absolute Gasteiger partial charge is 0.477 e. The predicted molar refractivity (Wildman–Crippen MR) is 81.2 cm³/mol. The lowest BCUT2D eigenvalue weighted by Crippen LogP contribution is -2.41. The summed E-state index contributed by atoms with van der Waals surface area (Å²) in [4.78, 5) is 11.2. The van der Waals surface area contributed by atoms with Crippen molar-refractivity contribution in [3.8, 4) is 5.88 Å². The third-order valence-electron chi connectivity index (χ3n) is 3.40. The maximum absolute atomic E-state index is 5.57. The van der Waals surface area contributed by atoms with Crippen molar-refractivity contribution in [1.29, 1.82) is 0 Å². The predicted octanol–water partition coefficient (Wildman–Crippen LogP) is 3.41. The first-order valence-corrected chi connectivity index (χ1v) is 8.24. The van der Waals surface area contributed by atoms with E-state index in [1.54, 1.807) is 6.20 Å². The molecule has 2 rings (SSSR count). The van der Waals surface area contributed by atoms with Crippen molar-refractivity contribution in [2.45, 2.75) is 45.1 Å². The minimum Gasteiger partial charge on any atom is -0.477 e. The Morgan fingerprint density at radius 3 is 2.89 bits per heavy atom. The molecule has 1 aliphatic rings. The fraction of sp³-hybridized carbons (Fsp3) is 0.714. The van der Waals surface area contributed by atoms with Gasteiger partial charge in [0.2, 0.25) is 5.88 Å². The molecule has 106 valence electrons. The van der Waals surface area contributed by atoms with Gasteiger partial charge in [0.15, 0.2) is 5.82 Å². The Balaban J connectivity index is 2.06. The maximum atomic E-state index is 5.57. The highest BCUT2D eigenvalue weighted by atomic mass is 79.9. The van der Waals surface area contributed by atoms with Gasteiger partial charge in [-0.3, -0.25) is 4.98 Å². The fourth-order valence-corrected chi connectivity index (χ4v) is 2.42. The van der Waals surface area contributed by atoms with Crippen LogP contribution in [-0.2, 0) is 0 Å². The lowest BCUT2D eigenvalue weighted by Gasteiger charge is -2.38. The van der Waals surface area contributed by atoms with E-state index in [0.29, 0.717) is 18.5 Å². The van der Waals surface area contributed by atoms with Crippen LogP contribution in [0.5, 0.6) is 5.88 Å². The van der Waals surface area contributed by atoms with Crippen LogP contribution in [0.25, 0.3) is 0 Å². The van der Waals surface area contributed by atoms with E-state index in [0.717, 1.165) is 30.5 Å². The van der Waals surface area contributed by atoms with Gasteiger partial charge >= 0.3 is 0 Å². The van der Waals surface area contributed by atoms with E-state index in [1.165, 1.54) is 19.3 Å². The number of halogens is 1. The molecule has 0 saturated heterocycles. The average molecular weight is 328 g/mol. The third kappa shape index (κ3) is 4.06. The molecule has 1 aliphatic carbocycles. The zero-order chi connectivity index (χ0) is 13.5. The molecule has 0 aliphatic heterocycles. The van der Waals surface area contributed by atoms with Crippen LogP contribution in [0.3, 0.4) is 0 Å². The first kappa shape index (κ1) is 14.6. The normalized spacial score (nSPS) is 15.1. The summed E-state index contributed by atoms with van der Waals surface area (Å²) in [6.45, 7) is 3.82. The quantitative estimate of drug-likeness (QED) is 0.686. The minimum atomic E-state index is 0.634. The van der Waals surface area contributed by atoms with Crippen molar-refractivity contribution in [3.63, 3.8) is 0 Å². The van der Waals surface area contributed by atoms with Crippen molar-refractivity contribution >= 4 is 21.7 Å². The lowest BCUT2D eigenvalue weighted by atomic mass is 9.91. The number of aromatic nitrogens is 2. The molecule has 5 heteroatoms. The number of hydrogen-bond acceptors (Lipinski definition) is 4. The molecule has 0 atom stereocenters. The summed E-state index contributed by atoms with van der Waals surface area (Å²) in [5.41, 5.74) is 0. The van der Waals surface area contributed by atoms with Gasteiger partial charge in [0.25, 0.3) is 0 Å². The van der Waals surface area contributed by atoms with Gasteiger partial charge in [-0.15, -0.1) is 0 Å². The molecule has 1 heterocycles. The molecule has 19 heavy (non-hydrogen) atoms. The zero-order valence-electron chi connectivity index (χ0n) is 11.5. The van der Waals surface area contributed by atoms with Crippen molar-refractivity contribution < 1.29 is 4.74 Å². The van der Waals surface area contributed by atoms with Crippen molar-refractivity contribution in [2.75, 3.05) is 23.4 Å². The highest BCUT2D eigenvalue weighted by molar-refractivity contribution is 9.09. The second-order valence-electron chi connectivity index (χ2n) is 4.88. The molecule has 0 aromatic carbocycles. The summed E-state index contributed by atoms with van der Waals surface area (Å²) in [7, 11) is 0. The molecule has 4 nitrogen and oxygen atoms in total. The number of hydrogen-bond donors (Lipinski definition) is 0. The van der Waals surface area contributed by atoms with E-state index in [4.69, 9.17) is 4.74 Å². The molecule has 0 unspecified atom stereocenters. The minimum absolute atomic E-state index is 0.634.